The SMILES string of the molecule is C=CC(=O)N1CCN(c2nc(=O)n(-c3c(C4CCC4)cncc3S(C)(=O)=O)c3nc(-c4scnc4N)c(F)cc23)[C@@H](C)C1. The van der Waals surface area contributed by atoms with Crippen molar-refractivity contribution in [2.24, 2.45) is 0 Å². The fraction of sp³-hybridized carbons (Fsp3) is 0.357. The van der Waals surface area contributed by atoms with E-state index >= 15 is 4.39 Å². The van der Waals surface area contributed by atoms with Crippen molar-refractivity contribution < 1.29 is 17.6 Å². The molecule has 1 atom stereocenters. The number of carbonyl (C=O) groups is 1. The van der Waals surface area contributed by atoms with Gasteiger partial charge in [0.25, 0.3) is 0 Å². The number of anilines is 2. The summed E-state index contributed by atoms with van der Waals surface area (Å²) in [6.45, 7) is 6.41. The number of piperazine rings is 1. The van der Waals surface area contributed by atoms with E-state index in [-0.39, 0.29) is 61.7 Å². The van der Waals surface area contributed by atoms with Crippen LogP contribution in [-0.2, 0) is 14.6 Å². The second kappa shape index (κ2) is 10.8. The summed E-state index contributed by atoms with van der Waals surface area (Å²) in [4.78, 5) is 47.2. The highest BCUT2D eigenvalue weighted by Gasteiger charge is 2.33. The van der Waals surface area contributed by atoms with Crippen LogP contribution in [0.4, 0.5) is 16.0 Å². The van der Waals surface area contributed by atoms with Crippen molar-refractivity contribution >= 4 is 49.8 Å². The zero-order valence-corrected chi connectivity index (χ0v) is 25.2. The van der Waals surface area contributed by atoms with Crippen LogP contribution in [0.25, 0.3) is 27.3 Å². The number of sulfone groups is 1. The Morgan fingerprint density at radius 1 is 1.23 bits per heavy atom. The number of nitrogens with two attached hydrogens (primary N) is 1. The summed E-state index contributed by atoms with van der Waals surface area (Å²) in [6, 6.07) is 0.953. The summed E-state index contributed by atoms with van der Waals surface area (Å²) in [7, 11) is -3.87. The van der Waals surface area contributed by atoms with Gasteiger partial charge in [-0.25, -0.2) is 32.1 Å². The van der Waals surface area contributed by atoms with E-state index in [9.17, 15) is 18.0 Å². The standard InChI is InChI=1S/C28H29FN8O4S2/c1-4-21(38)35-8-9-36(15(2)13-35)26-17-10-19(29)22(24-25(30)32-14-42-24)33-27(17)37(28(39)34-26)23-18(16-6-5-7-16)11-31-12-20(23)43(3,40)41/h4,10-12,14-16H,1,5-9,13,30H2,2-3H3/t15-/m0/s1. The molecule has 5 heterocycles. The molecular weight excluding hydrogens is 595 g/mol. The van der Waals surface area contributed by atoms with E-state index in [0.717, 1.165) is 41.4 Å². The fourth-order valence-electron chi connectivity index (χ4n) is 5.70. The third-order valence-corrected chi connectivity index (χ3v) is 10.0. The minimum atomic E-state index is -3.87. The van der Waals surface area contributed by atoms with Gasteiger partial charge in [0.1, 0.15) is 22.2 Å². The molecule has 1 saturated carbocycles. The maximum atomic E-state index is 15.9. The van der Waals surface area contributed by atoms with E-state index in [1.165, 1.54) is 23.8 Å². The molecule has 224 valence electrons. The third kappa shape index (κ3) is 4.95. The monoisotopic (exact) mass is 624 g/mol. The van der Waals surface area contributed by atoms with Crippen LogP contribution < -0.4 is 16.3 Å². The maximum Gasteiger partial charge on any atom is 0.355 e. The maximum absolute atomic E-state index is 15.9. The molecule has 0 aromatic carbocycles. The molecule has 6 rings (SSSR count). The Bertz CT molecular complexity index is 1950. The molecule has 4 aromatic heterocycles. The number of pyridine rings is 2. The number of hydrogen-bond acceptors (Lipinski definition) is 11. The predicted octanol–water partition coefficient (Wildman–Crippen LogP) is 2.91. The first-order valence-electron chi connectivity index (χ1n) is 13.7. The van der Waals surface area contributed by atoms with Gasteiger partial charge < -0.3 is 15.5 Å². The molecular formula is C28H29FN8O4S2. The van der Waals surface area contributed by atoms with E-state index in [1.54, 1.807) is 11.1 Å². The van der Waals surface area contributed by atoms with Crippen molar-refractivity contribution in [2.75, 3.05) is 36.5 Å². The number of nitrogens with zero attached hydrogens (tertiary/aromatic N) is 7. The molecule has 2 fully saturated rings. The van der Waals surface area contributed by atoms with Crippen LogP contribution in [0.1, 0.15) is 37.7 Å². The summed E-state index contributed by atoms with van der Waals surface area (Å²) >= 11 is 1.09. The third-order valence-electron chi connectivity index (χ3n) is 8.08. The number of nitrogen functional groups attached to an aromatic ring is 1. The molecule has 0 bridgehead atoms. The second-order valence-corrected chi connectivity index (χ2v) is 13.7. The Labute approximate surface area is 250 Å². The number of amides is 1. The molecule has 15 heteroatoms. The van der Waals surface area contributed by atoms with Crippen LogP contribution >= 0.6 is 11.3 Å². The average molecular weight is 625 g/mol. The molecule has 1 saturated heterocycles. The van der Waals surface area contributed by atoms with Crippen molar-refractivity contribution in [2.45, 2.75) is 43.0 Å². The van der Waals surface area contributed by atoms with Gasteiger partial charge in [0.05, 0.1) is 21.5 Å². The van der Waals surface area contributed by atoms with Gasteiger partial charge in [-0.3, -0.25) is 9.78 Å². The Morgan fingerprint density at radius 3 is 2.60 bits per heavy atom. The molecule has 0 unspecified atom stereocenters. The van der Waals surface area contributed by atoms with Gasteiger partial charge in [0, 0.05) is 44.3 Å². The van der Waals surface area contributed by atoms with Crippen molar-refractivity contribution in [3.05, 3.63) is 58.5 Å². The quantitative estimate of drug-likeness (QED) is 0.316. The summed E-state index contributed by atoms with van der Waals surface area (Å²) in [5, 5.41) is 0.204. The highest BCUT2D eigenvalue weighted by molar-refractivity contribution is 7.90. The Hall–Kier alpha value is -4.24. The van der Waals surface area contributed by atoms with Gasteiger partial charge in [0.15, 0.2) is 21.3 Å². The van der Waals surface area contributed by atoms with E-state index in [0.29, 0.717) is 25.2 Å². The molecule has 1 aliphatic carbocycles. The molecule has 4 aromatic rings. The Morgan fingerprint density at radius 2 is 2.00 bits per heavy atom. The van der Waals surface area contributed by atoms with E-state index in [1.807, 2.05) is 11.8 Å². The Kier molecular flexibility index (Phi) is 7.24. The lowest BCUT2D eigenvalue weighted by molar-refractivity contribution is -0.126. The summed E-state index contributed by atoms with van der Waals surface area (Å²) in [5.74, 6) is -0.675. The van der Waals surface area contributed by atoms with Crippen molar-refractivity contribution in [3.63, 3.8) is 0 Å². The topological polar surface area (TPSA) is 157 Å². The van der Waals surface area contributed by atoms with Gasteiger partial charge in [0.2, 0.25) is 5.91 Å². The summed E-state index contributed by atoms with van der Waals surface area (Å²) in [5.41, 5.74) is 7.32. The second-order valence-electron chi connectivity index (χ2n) is 10.8. The molecule has 12 nitrogen and oxygen atoms in total. The summed E-state index contributed by atoms with van der Waals surface area (Å²) < 4.78 is 43.1. The van der Waals surface area contributed by atoms with Crippen molar-refractivity contribution in [1.29, 1.82) is 0 Å². The number of carbonyl (C=O) groups excluding carboxylic acids is 1. The minimum Gasteiger partial charge on any atom is -0.382 e. The van der Waals surface area contributed by atoms with Crippen molar-refractivity contribution in [1.82, 2.24) is 29.4 Å². The largest absolute Gasteiger partial charge is 0.382 e. The number of thiazole rings is 1. The van der Waals surface area contributed by atoms with Crippen molar-refractivity contribution in [3.8, 4) is 16.3 Å². The van der Waals surface area contributed by atoms with Gasteiger partial charge in [-0.1, -0.05) is 13.0 Å². The minimum absolute atomic E-state index is 0.0154. The molecule has 1 amide bonds. The van der Waals surface area contributed by atoms with Gasteiger partial charge in [-0.2, -0.15) is 4.98 Å². The molecule has 43 heavy (non-hydrogen) atoms. The van der Waals surface area contributed by atoms with E-state index < -0.39 is 21.3 Å². The van der Waals surface area contributed by atoms with Gasteiger partial charge in [-0.05, 0) is 43.4 Å². The van der Waals surface area contributed by atoms with E-state index in [2.05, 4.69) is 26.5 Å². The van der Waals surface area contributed by atoms with Crippen LogP contribution in [0.15, 0.2) is 46.3 Å². The first-order chi connectivity index (χ1) is 20.5. The lowest BCUT2D eigenvalue weighted by Crippen LogP contribution is -2.54. The summed E-state index contributed by atoms with van der Waals surface area (Å²) in [6.07, 6.45) is 7.64. The zero-order chi connectivity index (χ0) is 30.6. The molecule has 2 aliphatic rings. The smallest absolute Gasteiger partial charge is 0.355 e. The fourth-order valence-corrected chi connectivity index (χ4v) is 7.21. The zero-order valence-electron chi connectivity index (χ0n) is 23.5. The van der Waals surface area contributed by atoms with Crippen LogP contribution in [0.3, 0.4) is 0 Å². The van der Waals surface area contributed by atoms with Gasteiger partial charge >= 0.3 is 5.69 Å². The van der Waals surface area contributed by atoms with Crippen LogP contribution in [0.2, 0.25) is 0 Å². The van der Waals surface area contributed by atoms with Crippen LogP contribution in [0.5, 0.6) is 0 Å². The molecule has 2 N–H and O–H groups in total. The molecule has 0 radical (unpaired) electrons. The molecule has 1 aliphatic heterocycles. The highest BCUT2D eigenvalue weighted by Crippen LogP contribution is 2.42. The first-order valence-corrected chi connectivity index (χ1v) is 16.5. The number of hydrogen-bond donors (Lipinski definition) is 1. The Balaban J connectivity index is 1.66. The highest BCUT2D eigenvalue weighted by atomic mass is 32.2. The van der Waals surface area contributed by atoms with Crippen LogP contribution in [0, 0.1) is 5.82 Å². The lowest BCUT2D eigenvalue weighted by Gasteiger charge is -2.40. The number of rotatable bonds is 6. The van der Waals surface area contributed by atoms with Gasteiger partial charge in [-0.15, -0.1) is 11.3 Å². The normalized spacial score (nSPS) is 17.7. The number of aromatic nitrogens is 5. The molecule has 0 spiro atoms. The lowest BCUT2D eigenvalue weighted by atomic mass is 9.80. The predicted molar refractivity (Wildman–Crippen MR) is 162 cm³/mol. The average Bonchev–Trinajstić information content (AvgIpc) is 3.36. The van der Waals surface area contributed by atoms with E-state index in [4.69, 9.17) is 5.73 Å². The number of fused-ring (bicyclic) bond motifs is 1. The number of halogens is 1. The first kappa shape index (κ1) is 28.9. The van der Waals surface area contributed by atoms with Crippen LogP contribution in [-0.4, -0.2) is 75.7 Å².